The van der Waals surface area contributed by atoms with Gasteiger partial charge >= 0.3 is 6.18 Å². The SMILES string of the molecule is Cn1nc(C(F)(F)F)c(Br)c1C(=O)NCc1cn(-c2ccccc2)nc1-c1ccccc1. The number of benzene rings is 2. The van der Waals surface area contributed by atoms with Gasteiger partial charge in [0.1, 0.15) is 5.69 Å². The summed E-state index contributed by atoms with van der Waals surface area (Å²) in [6.45, 7) is 0.0644. The highest BCUT2D eigenvalue weighted by Gasteiger charge is 2.39. The fraction of sp³-hybridized carbons (Fsp3) is 0.136. The Morgan fingerprint density at radius 3 is 2.25 bits per heavy atom. The Hall–Kier alpha value is -3.40. The van der Waals surface area contributed by atoms with Crippen molar-refractivity contribution < 1.29 is 18.0 Å². The van der Waals surface area contributed by atoms with Crippen LogP contribution in [0.4, 0.5) is 13.2 Å². The number of amides is 1. The highest BCUT2D eigenvalue weighted by Crippen LogP contribution is 2.35. The first kappa shape index (κ1) is 21.8. The van der Waals surface area contributed by atoms with Gasteiger partial charge < -0.3 is 5.32 Å². The van der Waals surface area contributed by atoms with Gasteiger partial charge in [-0.25, -0.2) is 4.68 Å². The number of para-hydroxylation sites is 1. The normalized spacial score (nSPS) is 11.5. The predicted octanol–water partition coefficient (Wildman–Crippen LogP) is 4.98. The molecular formula is C22H17BrF3N5O. The van der Waals surface area contributed by atoms with Crippen LogP contribution < -0.4 is 5.32 Å². The van der Waals surface area contributed by atoms with E-state index in [2.05, 4.69) is 31.4 Å². The molecule has 164 valence electrons. The van der Waals surface area contributed by atoms with Crippen molar-refractivity contribution in [1.29, 1.82) is 0 Å². The van der Waals surface area contributed by atoms with E-state index in [1.807, 2.05) is 60.7 Å². The quantitative estimate of drug-likeness (QED) is 0.417. The molecule has 0 aliphatic carbocycles. The highest BCUT2D eigenvalue weighted by atomic mass is 79.9. The summed E-state index contributed by atoms with van der Waals surface area (Å²) in [5.74, 6) is -0.686. The first-order valence-corrected chi connectivity index (χ1v) is 10.3. The molecule has 0 bridgehead atoms. The molecule has 32 heavy (non-hydrogen) atoms. The van der Waals surface area contributed by atoms with E-state index in [9.17, 15) is 18.0 Å². The fourth-order valence-corrected chi connectivity index (χ4v) is 4.02. The smallest absolute Gasteiger partial charge is 0.346 e. The lowest BCUT2D eigenvalue weighted by molar-refractivity contribution is -0.142. The van der Waals surface area contributed by atoms with Crippen LogP contribution in [-0.4, -0.2) is 25.5 Å². The largest absolute Gasteiger partial charge is 0.436 e. The van der Waals surface area contributed by atoms with Crippen LogP contribution in [0.1, 0.15) is 21.7 Å². The Bertz CT molecular complexity index is 1250. The monoisotopic (exact) mass is 503 g/mol. The van der Waals surface area contributed by atoms with Crippen molar-refractivity contribution in [2.24, 2.45) is 7.05 Å². The highest BCUT2D eigenvalue weighted by molar-refractivity contribution is 9.10. The van der Waals surface area contributed by atoms with E-state index in [4.69, 9.17) is 0 Å². The van der Waals surface area contributed by atoms with Crippen LogP contribution in [0.3, 0.4) is 0 Å². The first-order chi connectivity index (χ1) is 15.3. The summed E-state index contributed by atoms with van der Waals surface area (Å²) in [6, 6.07) is 18.9. The van der Waals surface area contributed by atoms with Gasteiger partial charge in [-0.3, -0.25) is 9.48 Å². The Balaban J connectivity index is 1.64. The third-order valence-corrected chi connectivity index (χ3v) is 5.52. The van der Waals surface area contributed by atoms with Gasteiger partial charge in [0.05, 0.1) is 15.9 Å². The minimum absolute atomic E-state index is 0.0644. The van der Waals surface area contributed by atoms with Gasteiger partial charge in [-0.15, -0.1) is 0 Å². The Morgan fingerprint density at radius 2 is 1.66 bits per heavy atom. The lowest BCUT2D eigenvalue weighted by Gasteiger charge is -2.07. The van der Waals surface area contributed by atoms with Crippen molar-refractivity contribution in [2.45, 2.75) is 12.7 Å². The zero-order valence-electron chi connectivity index (χ0n) is 16.8. The van der Waals surface area contributed by atoms with E-state index < -0.39 is 22.3 Å². The van der Waals surface area contributed by atoms with Crippen LogP contribution in [0.5, 0.6) is 0 Å². The lowest BCUT2D eigenvalue weighted by atomic mass is 10.1. The maximum atomic E-state index is 13.1. The molecule has 0 aliphatic rings. The van der Waals surface area contributed by atoms with E-state index in [0.29, 0.717) is 11.3 Å². The molecule has 2 heterocycles. The lowest BCUT2D eigenvalue weighted by Crippen LogP contribution is -2.25. The average molecular weight is 504 g/mol. The standard InChI is InChI=1S/C22H17BrF3N5O/c1-30-19(17(23)20(29-30)22(24,25)26)21(32)27-12-15-13-31(16-10-6-3-7-11-16)28-18(15)14-8-4-2-5-9-14/h2-11,13H,12H2,1H3,(H,27,32). The summed E-state index contributed by atoms with van der Waals surface area (Å²) in [6.07, 6.45) is -2.89. The number of nitrogens with one attached hydrogen (secondary N) is 1. The number of aromatic nitrogens is 4. The van der Waals surface area contributed by atoms with E-state index in [1.54, 1.807) is 10.9 Å². The molecule has 0 spiro atoms. The van der Waals surface area contributed by atoms with Crippen LogP contribution in [-0.2, 0) is 19.8 Å². The number of hydrogen-bond acceptors (Lipinski definition) is 3. The molecule has 0 aliphatic heterocycles. The summed E-state index contributed by atoms with van der Waals surface area (Å²) >= 11 is 2.87. The van der Waals surface area contributed by atoms with Gasteiger partial charge in [0.15, 0.2) is 5.69 Å². The molecular weight excluding hydrogens is 487 g/mol. The molecule has 4 rings (SSSR count). The van der Waals surface area contributed by atoms with Crippen LogP contribution in [0.25, 0.3) is 16.9 Å². The summed E-state index contributed by atoms with van der Waals surface area (Å²) in [7, 11) is 1.29. The zero-order chi connectivity index (χ0) is 22.9. The van der Waals surface area contributed by atoms with Gasteiger partial charge in [-0.05, 0) is 28.1 Å². The Kier molecular flexibility index (Phi) is 5.88. The van der Waals surface area contributed by atoms with Crippen LogP contribution in [0.15, 0.2) is 71.3 Å². The number of alkyl halides is 3. The van der Waals surface area contributed by atoms with Crippen molar-refractivity contribution in [2.75, 3.05) is 0 Å². The number of halogens is 4. The Morgan fingerprint density at radius 1 is 1.03 bits per heavy atom. The van der Waals surface area contributed by atoms with Gasteiger partial charge in [0, 0.05) is 30.9 Å². The first-order valence-electron chi connectivity index (χ1n) is 9.53. The molecule has 0 atom stereocenters. The molecule has 0 saturated carbocycles. The van der Waals surface area contributed by atoms with Gasteiger partial charge in [0.25, 0.3) is 5.91 Å². The molecule has 6 nitrogen and oxygen atoms in total. The third-order valence-electron chi connectivity index (χ3n) is 4.77. The summed E-state index contributed by atoms with van der Waals surface area (Å²) in [4.78, 5) is 12.7. The van der Waals surface area contributed by atoms with Crippen molar-refractivity contribution in [3.05, 3.63) is 88.3 Å². The molecule has 10 heteroatoms. The second-order valence-electron chi connectivity index (χ2n) is 6.96. The van der Waals surface area contributed by atoms with Gasteiger partial charge in [0.2, 0.25) is 0 Å². The number of hydrogen-bond donors (Lipinski definition) is 1. The molecule has 2 aromatic heterocycles. The maximum Gasteiger partial charge on any atom is 0.436 e. The second kappa shape index (κ2) is 8.62. The zero-order valence-corrected chi connectivity index (χ0v) is 18.4. The van der Waals surface area contributed by atoms with Crippen LogP contribution in [0.2, 0.25) is 0 Å². The number of nitrogens with zero attached hydrogens (tertiary/aromatic N) is 4. The maximum absolute atomic E-state index is 13.1. The topological polar surface area (TPSA) is 64.7 Å². The van der Waals surface area contributed by atoms with Crippen LogP contribution in [0, 0.1) is 0 Å². The number of carbonyl (C=O) groups is 1. The third kappa shape index (κ3) is 4.31. The summed E-state index contributed by atoms with van der Waals surface area (Å²) in [5, 5.41) is 10.8. The van der Waals surface area contributed by atoms with E-state index in [0.717, 1.165) is 15.9 Å². The fourth-order valence-electron chi connectivity index (χ4n) is 3.28. The molecule has 0 saturated heterocycles. The predicted molar refractivity (Wildman–Crippen MR) is 116 cm³/mol. The summed E-state index contributed by atoms with van der Waals surface area (Å²) in [5.41, 5.74) is 1.71. The van der Waals surface area contributed by atoms with Crippen molar-refractivity contribution in [3.8, 4) is 16.9 Å². The number of aryl methyl sites for hydroxylation is 1. The van der Waals surface area contributed by atoms with Crippen molar-refractivity contribution in [3.63, 3.8) is 0 Å². The number of carbonyl (C=O) groups excluding carboxylic acids is 1. The summed E-state index contributed by atoms with van der Waals surface area (Å²) < 4.78 is 41.6. The number of rotatable bonds is 5. The van der Waals surface area contributed by atoms with Crippen molar-refractivity contribution >= 4 is 21.8 Å². The van der Waals surface area contributed by atoms with Gasteiger partial charge in [-0.1, -0.05) is 48.5 Å². The average Bonchev–Trinajstić information content (AvgIpc) is 3.34. The molecule has 1 amide bonds. The molecule has 0 unspecified atom stereocenters. The second-order valence-corrected chi connectivity index (χ2v) is 7.76. The Labute approximate surface area is 189 Å². The molecule has 0 radical (unpaired) electrons. The van der Waals surface area contributed by atoms with E-state index in [1.165, 1.54) is 7.05 Å². The van der Waals surface area contributed by atoms with Gasteiger partial charge in [-0.2, -0.15) is 23.4 Å². The minimum atomic E-state index is -4.67. The van der Waals surface area contributed by atoms with Crippen molar-refractivity contribution in [1.82, 2.24) is 24.9 Å². The molecule has 2 aromatic carbocycles. The van der Waals surface area contributed by atoms with E-state index in [-0.39, 0.29) is 12.2 Å². The molecule has 0 fully saturated rings. The van der Waals surface area contributed by atoms with Crippen LogP contribution >= 0.6 is 15.9 Å². The molecule has 4 aromatic rings. The minimum Gasteiger partial charge on any atom is -0.346 e. The molecule has 1 N–H and O–H groups in total. The van der Waals surface area contributed by atoms with E-state index >= 15 is 0 Å².